The Kier molecular flexibility index (Phi) is 13.7. The van der Waals surface area contributed by atoms with Crippen molar-refractivity contribution in [3.63, 3.8) is 0 Å². The molecule has 0 saturated heterocycles. The summed E-state index contributed by atoms with van der Waals surface area (Å²) in [7, 11) is 0. The van der Waals surface area contributed by atoms with E-state index < -0.39 is 6.16 Å². The zero-order chi connectivity index (χ0) is 9.94. The van der Waals surface area contributed by atoms with E-state index in [1.54, 1.807) is 0 Å². The first kappa shape index (κ1) is 15.7. The second-order valence-corrected chi connectivity index (χ2v) is 3.22. The van der Waals surface area contributed by atoms with Gasteiger partial charge in [0.25, 0.3) is 6.16 Å². The smallest absolute Gasteiger partial charge is 0.251 e. The molecule has 0 spiro atoms. The van der Waals surface area contributed by atoms with Crippen LogP contribution in [-0.2, 0) is 4.74 Å². The molecule has 0 heterocycles. The van der Waals surface area contributed by atoms with Crippen molar-refractivity contribution in [2.24, 2.45) is 0 Å². The maximum atomic E-state index is 9.84. The van der Waals surface area contributed by atoms with E-state index in [0.29, 0.717) is 0 Å². The van der Waals surface area contributed by atoms with Gasteiger partial charge in [0.2, 0.25) is 0 Å². The monoisotopic (exact) mass is 205 g/mol. The van der Waals surface area contributed by atoms with Crippen LogP contribution in [0.1, 0.15) is 51.9 Å². The number of quaternary nitrogens is 1. The van der Waals surface area contributed by atoms with Gasteiger partial charge >= 0.3 is 0 Å². The summed E-state index contributed by atoms with van der Waals surface area (Å²) in [5.74, 6) is 0. The number of unbranched alkanes of at least 4 members (excludes halogenated alkanes) is 6. The summed E-state index contributed by atoms with van der Waals surface area (Å²) in [6.45, 7) is 2.48. The molecule has 0 aromatic rings. The van der Waals surface area contributed by atoms with Gasteiger partial charge in [-0.2, -0.15) is 0 Å². The Morgan fingerprint density at radius 2 is 1.57 bits per heavy atom. The van der Waals surface area contributed by atoms with Crippen molar-refractivity contribution in [3.8, 4) is 0 Å². The van der Waals surface area contributed by atoms with Crippen LogP contribution in [0.5, 0.6) is 0 Å². The van der Waals surface area contributed by atoms with E-state index >= 15 is 0 Å². The molecule has 4 heteroatoms. The lowest BCUT2D eigenvalue weighted by molar-refractivity contribution is -0.282. The van der Waals surface area contributed by atoms with E-state index in [0.717, 1.165) is 12.8 Å². The minimum Gasteiger partial charge on any atom is -0.550 e. The molecular weight excluding hydrogens is 182 g/mol. The molecule has 0 rings (SSSR count). The molecule has 0 atom stereocenters. The summed E-state index contributed by atoms with van der Waals surface area (Å²) in [5, 5.41) is 9.84. The second kappa shape index (κ2) is 12.2. The van der Waals surface area contributed by atoms with E-state index in [-0.39, 0.29) is 12.8 Å². The van der Waals surface area contributed by atoms with Gasteiger partial charge in [-0.25, -0.2) is 0 Å². The van der Waals surface area contributed by atoms with Gasteiger partial charge in [-0.1, -0.05) is 45.4 Å². The first-order valence-corrected chi connectivity index (χ1v) is 5.11. The summed E-state index contributed by atoms with van der Waals surface area (Å²) in [6.07, 6.45) is 6.74. The highest BCUT2D eigenvalue weighted by Gasteiger charge is 1.90. The Labute approximate surface area is 86.2 Å². The zero-order valence-corrected chi connectivity index (χ0v) is 9.38. The molecule has 0 saturated carbocycles. The molecule has 0 aromatic carbocycles. The zero-order valence-electron chi connectivity index (χ0n) is 9.38. The van der Waals surface area contributed by atoms with Crippen molar-refractivity contribution in [3.05, 3.63) is 0 Å². The maximum absolute atomic E-state index is 9.84. The normalized spacial score (nSPS) is 9.21. The van der Waals surface area contributed by atoms with Gasteiger partial charge in [0.1, 0.15) is 0 Å². The van der Waals surface area contributed by atoms with Crippen LogP contribution in [0.15, 0.2) is 0 Å². The van der Waals surface area contributed by atoms with Gasteiger partial charge in [-0.3, -0.25) is 0 Å². The molecule has 0 aromatic heterocycles. The van der Waals surface area contributed by atoms with E-state index in [1.165, 1.54) is 32.1 Å². The summed E-state index contributed by atoms with van der Waals surface area (Å²) in [5.41, 5.74) is 0. The topological polar surface area (TPSA) is 85.9 Å². The Morgan fingerprint density at radius 1 is 1.07 bits per heavy atom. The summed E-state index contributed by atoms with van der Waals surface area (Å²) < 4.78 is 4.28. The van der Waals surface area contributed by atoms with Crippen molar-refractivity contribution in [1.82, 2.24) is 6.15 Å². The molecule has 0 aliphatic heterocycles. The molecule has 0 amide bonds. The molecule has 0 unspecified atom stereocenters. The number of carbonyl (C=O) groups excluding carboxylic acids is 1. The molecule has 4 N–H and O–H groups in total. The van der Waals surface area contributed by atoms with E-state index in [4.69, 9.17) is 0 Å². The highest BCUT2D eigenvalue weighted by Crippen LogP contribution is 2.06. The van der Waals surface area contributed by atoms with Crippen LogP contribution >= 0.6 is 0 Å². The third kappa shape index (κ3) is 13.8. The number of carbonyl (C=O) groups is 1. The number of rotatable bonds is 8. The lowest BCUT2D eigenvalue weighted by Gasteiger charge is -2.06. The van der Waals surface area contributed by atoms with Crippen molar-refractivity contribution in [2.75, 3.05) is 6.61 Å². The average molecular weight is 205 g/mol. The Morgan fingerprint density at radius 3 is 2.07 bits per heavy atom. The number of hydrogen-bond acceptors (Lipinski definition) is 3. The molecule has 14 heavy (non-hydrogen) atoms. The standard InChI is InChI=1S/C10H20O3.H3N/c1-2-3-4-5-6-7-8-9-13-10(11)12;/h2-9H2,1H3,(H,11,12);1H3. The molecule has 0 radical (unpaired) electrons. The molecule has 0 bridgehead atoms. The highest BCUT2D eigenvalue weighted by atomic mass is 16.7. The fourth-order valence-electron chi connectivity index (χ4n) is 1.21. The minimum absolute atomic E-state index is 0. The van der Waals surface area contributed by atoms with Crippen molar-refractivity contribution < 1.29 is 14.6 Å². The third-order valence-electron chi connectivity index (χ3n) is 1.97. The Balaban J connectivity index is 0. The average Bonchev–Trinajstić information content (AvgIpc) is 2.09. The van der Waals surface area contributed by atoms with Crippen LogP contribution in [0.25, 0.3) is 0 Å². The van der Waals surface area contributed by atoms with Crippen LogP contribution in [0.3, 0.4) is 0 Å². The number of carboxylic acid groups (broad SMARTS) is 1. The summed E-state index contributed by atoms with van der Waals surface area (Å²) in [4.78, 5) is 9.84. The van der Waals surface area contributed by atoms with E-state index in [1.807, 2.05) is 0 Å². The third-order valence-corrected chi connectivity index (χ3v) is 1.97. The minimum atomic E-state index is -1.41. The van der Waals surface area contributed by atoms with Gasteiger partial charge in [0.15, 0.2) is 0 Å². The van der Waals surface area contributed by atoms with Crippen molar-refractivity contribution in [1.29, 1.82) is 0 Å². The lowest BCUT2D eigenvalue weighted by Crippen LogP contribution is -2.23. The lowest BCUT2D eigenvalue weighted by atomic mass is 10.1. The van der Waals surface area contributed by atoms with E-state index in [2.05, 4.69) is 11.7 Å². The van der Waals surface area contributed by atoms with E-state index in [9.17, 15) is 9.90 Å². The Bertz CT molecular complexity index is 129. The SMILES string of the molecule is CCCCCCCCCOC(=O)[O-].[NH4+]. The quantitative estimate of drug-likeness (QED) is 0.488. The largest absolute Gasteiger partial charge is 0.550 e. The highest BCUT2D eigenvalue weighted by molar-refractivity contribution is 5.53. The fraction of sp³-hybridized carbons (Fsp3) is 0.900. The van der Waals surface area contributed by atoms with Crippen LogP contribution in [-0.4, -0.2) is 12.8 Å². The van der Waals surface area contributed by atoms with Crippen molar-refractivity contribution in [2.45, 2.75) is 51.9 Å². The molecule has 86 valence electrons. The van der Waals surface area contributed by atoms with Crippen LogP contribution in [0.2, 0.25) is 0 Å². The second-order valence-electron chi connectivity index (χ2n) is 3.22. The summed E-state index contributed by atoms with van der Waals surface area (Å²) in [6, 6.07) is 0. The first-order valence-electron chi connectivity index (χ1n) is 5.11. The van der Waals surface area contributed by atoms with Crippen LogP contribution in [0.4, 0.5) is 4.79 Å². The molecule has 0 aliphatic rings. The number of hydrogen-bond donors (Lipinski definition) is 1. The van der Waals surface area contributed by atoms with Gasteiger partial charge in [-0.15, -0.1) is 0 Å². The molecular formula is C10H23NO3. The van der Waals surface area contributed by atoms with Crippen LogP contribution < -0.4 is 11.3 Å². The Hall–Kier alpha value is -0.770. The molecule has 0 fully saturated rings. The summed E-state index contributed by atoms with van der Waals surface area (Å²) >= 11 is 0. The maximum Gasteiger partial charge on any atom is 0.251 e. The first-order chi connectivity index (χ1) is 6.27. The van der Waals surface area contributed by atoms with Gasteiger partial charge in [-0.05, 0) is 6.42 Å². The number of ether oxygens (including phenoxy) is 1. The van der Waals surface area contributed by atoms with Gasteiger partial charge in [0.05, 0.1) is 0 Å². The predicted molar refractivity (Wildman–Crippen MR) is 55.3 cm³/mol. The molecule has 0 aliphatic carbocycles. The van der Waals surface area contributed by atoms with Gasteiger partial charge < -0.3 is 20.8 Å². The van der Waals surface area contributed by atoms with Gasteiger partial charge in [0, 0.05) is 6.61 Å². The molecule has 4 nitrogen and oxygen atoms in total. The van der Waals surface area contributed by atoms with Crippen molar-refractivity contribution >= 4 is 6.16 Å². The fourth-order valence-corrected chi connectivity index (χ4v) is 1.21. The van der Waals surface area contributed by atoms with Crippen LogP contribution in [0, 0.1) is 0 Å². The predicted octanol–water partition coefficient (Wildman–Crippen LogP) is 2.47.